The molecule has 0 aromatic heterocycles. The molecule has 0 amide bonds. The highest BCUT2D eigenvalue weighted by Crippen LogP contribution is 2.21. The van der Waals surface area contributed by atoms with Crippen LogP contribution in [0.1, 0.15) is 25.7 Å². The minimum Gasteiger partial charge on any atom is -0.324 e. The number of hydrogen-bond acceptors (Lipinski definition) is 1. The molecule has 1 unspecified atom stereocenters. The Morgan fingerprint density at radius 3 is 2.25 bits per heavy atom. The summed E-state index contributed by atoms with van der Waals surface area (Å²) in [5.41, 5.74) is 5.72. The molecule has 0 aliphatic heterocycles. The van der Waals surface area contributed by atoms with Gasteiger partial charge >= 0.3 is 0 Å². The molecule has 0 spiro atoms. The first-order chi connectivity index (χ1) is 3.80. The maximum Gasteiger partial charge on any atom is 0.110 e. The standard InChI is InChI=1S/C7H14N/c1-6-4-2-3-5-7(6)8/h6-7H,1-5,8H2/q+1/t6?,7-/m0/s1. The summed E-state index contributed by atoms with van der Waals surface area (Å²) in [5.74, 6) is 0.531. The van der Waals surface area contributed by atoms with Gasteiger partial charge in [0.1, 0.15) is 5.92 Å². The van der Waals surface area contributed by atoms with Gasteiger partial charge in [-0.15, -0.1) is 0 Å². The Balaban J connectivity index is 2.28. The van der Waals surface area contributed by atoms with Crippen molar-refractivity contribution < 1.29 is 0 Å². The van der Waals surface area contributed by atoms with Crippen LogP contribution >= 0.6 is 0 Å². The van der Waals surface area contributed by atoms with Crippen LogP contribution in [-0.4, -0.2) is 6.04 Å². The molecule has 1 rings (SSSR count). The lowest BCUT2D eigenvalue weighted by molar-refractivity contribution is 0.359. The largest absolute Gasteiger partial charge is 0.324 e. The van der Waals surface area contributed by atoms with Crippen molar-refractivity contribution in [2.45, 2.75) is 31.7 Å². The van der Waals surface area contributed by atoms with E-state index in [0.717, 1.165) is 0 Å². The van der Waals surface area contributed by atoms with E-state index < -0.39 is 0 Å². The highest BCUT2D eigenvalue weighted by molar-refractivity contribution is 4.78. The lowest BCUT2D eigenvalue weighted by Crippen LogP contribution is -2.30. The van der Waals surface area contributed by atoms with E-state index >= 15 is 0 Å². The zero-order valence-corrected chi connectivity index (χ0v) is 5.27. The predicted octanol–water partition coefficient (Wildman–Crippen LogP) is 1.34. The van der Waals surface area contributed by atoms with E-state index in [0.29, 0.717) is 12.0 Å². The van der Waals surface area contributed by atoms with Gasteiger partial charge in [-0.05, 0) is 19.3 Å². The predicted molar refractivity (Wildman–Crippen MR) is 35.3 cm³/mol. The van der Waals surface area contributed by atoms with E-state index in [1.807, 2.05) is 0 Å². The molecule has 2 atom stereocenters. The lowest BCUT2D eigenvalue weighted by Gasteiger charge is -2.19. The van der Waals surface area contributed by atoms with Gasteiger partial charge in [-0.2, -0.15) is 0 Å². The van der Waals surface area contributed by atoms with Gasteiger partial charge < -0.3 is 5.73 Å². The van der Waals surface area contributed by atoms with Gasteiger partial charge in [-0.25, -0.2) is 0 Å². The van der Waals surface area contributed by atoms with Crippen molar-refractivity contribution in [1.29, 1.82) is 0 Å². The van der Waals surface area contributed by atoms with E-state index in [1.54, 1.807) is 0 Å². The van der Waals surface area contributed by atoms with E-state index in [1.165, 1.54) is 25.7 Å². The molecular formula is C7H14N+. The molecule has 1 saturated carbocycles. The van der Waals surface area contributed by atoms with E-state index in [2.05, 4.69) is 6.92 Å². The van der Waals surface area contributed by atoms with Gasteiger partial charge in [0.05, 0.1) is 6.92 Å². The molecule has 46 valence electrons. The summed E-state index contributed by atoms with van der Waals surface area (Å²) >= 11 is 0. The fourth-order valence-electron chi connectivity index (χ4n) is 1.24. The Hall–Kier alpha value is -0.170. The average Bonchev–Trinajstić information content (AvgIpc) is 1.77. The van der Waals surface area contributed by atoms with Crippen molar-refractivity contribution in [3.05, 3.63) is 6.92 Å². The molecule has 1 aliphatic carbocycles. The van der Waals surface area contributed by atoms with Crippen LogP contribution in [0.5, 0.6) is 0 Å². The molecule has 1 fully saturated rings. The van der Waals surface area contributed by atoms with Crippen LogP contribution < -0.4 is 5.73 Å². The van der Waals surface area contributed by atoms with Crippen molar-refractivity contribution >= 4 is 0 Å². The first-order valence-electron chi connectivity index (χ1n) is 3.39. The zero-order valence-electron chi connectivity index (χ0n) is 5.27. The van der Waals surface area contributed by atoms with Gasteiger partial charge in [0, 0.05) is 6.04 Å². The fourth-order valence-corrected chi connectivity index (χ4v) is 1.24. The second-order valence-corrected chi connectivity index (χ2v) is 2.71. The summed E-state index contributed by atoms with van der Waals surface area (Å²) < 4.78 is 0. The summed E-state index contributed by atoms with van der Waals surface area (Å²) in [5, 5.41) is 0. The van der Waals surface area contributed by atoms with Gasteiger partial charge in [-0.3, -0.25) is 0 Å². The average molecular weight is 112 g/mol. The smallest absolute Gasteiger partial charge is 0.110 e. The van der Waals surface area contributed by atoms with Gasteiger partial charge in [-0.1, -0.05) is 6.42 Å². The number of hydrogen-bond donors (Lipinski definition) is 1. The molecule has 0 radical (unpaired) electrons. The zero-order chi connectivity index (χ0) is 5.98. The third kappa shape index (κ3) is 1.16. The molecule has 0 aromatic carbocycles. The van der Waals surface area contributed by atoms with Crippen molar-refractivity contribution in [2.24, 2.45) is 11.7 Å². The van der Waals surface area contributed by atoms with E-state index in [9.17, 15) is 0 Å². The maximum absolute atomic E-state index is 5.72. The first-order valence-corrected chi connectivity index (χ1v) is 3.39. The molecule has 2 N–H and O–H groups in total. The highest BCUT2D eigenvalue weighted by Gasteiger charge is 2.21. The quantitative estimate of drug-likeness (QED) is 0.470. The Kier molecular flexibility index (Phi) is 1.79. The van der Waals surface area contributed by atoms with Gasteiger partial charge in [0.2, 0.25) is 0 Å². The van der Waals surface area contributed by atoms with Crippen molar-refractivity contribution in [3.8, 4) is 0 Å². The maximum atomic E-state index is 5.72. The Morgan fingerprint density at radius 1 is 1.25 bits per heavy atom. The summed E-state index contributed by atoms with van der Waals surface area (Å²) in [7, 11) is 0. The second-order valence-electron chi connectivity index (χ2n) is 2.71. The van der Waals surface area contributed by atoms with E-state index in [-0.39, 0.29) is 0 Å². The molecule has 1 heteroatoms. The third-order valence-electron chi connectivity index (χ3n) is 1.97. The normalized spacial score (nSPS) is 39.6. The van der Waals surface area contributed by atoms with Crippen molar-refractivity contribution in [1.82, 2.24) is 0 Å². The fraction of sp³-hybridized carbons (Fsp3) is 0.857. The topological polar surface area (TPSA) is 26.0 Å². The Labute approximate surface area is 51.3 Å². The summed E-state index contributed by atoms with van der Waals surface area (Å²) in [4.78, 5) is 0. The third-order valence-corrected chi connectivity index (χ3v) is 1.97. The van der Waals surface area contributed by atoms with E-state index in [4.69, 9.17) is 5.73 Å². The molecule has 0 bridgehead atoms. The van der Waals surface area contributed by atoms with Gasteiger partial charge in [0.15, 0.2) is 0 Å². The summed E-state index contributed by atoms with van der Waals surface area (Å²) in [6, 6.07) is 0.392. The lowest BCUT2D eigenvalue weighted by atomic mass is 9.87. The van der Waals surface area contributed by atoms with Crippen LogP contribution in [-0.2, 0) is 0 Å². The highest BCUT2D eigenvalue weighted by atomic mass is 14.6. The number of nitrogens with two attached hydrogens (primary N) is 1. The molecule has 0 aromatic rings. The SMILES string of the molecule is [CH2+]C1CCCC[C@@H]1N. The molecule has 0 saturated heterocycles. The van der Waals surface area contributed by atoms with Crippen LogP contribution in [0, 0.1) is 12.8 Å². The van der Waals surface area contributed by atoms with Crippen LogP contribution in [0.3, 0.4) is 0 Å². The summed E-state index contributed by atoms with van der Waals surface area (Å²) in [6.45, 7) is 3.95. The van der Waals surface area contributed by atoms with Crippen molar-refractivity contribution in [2.75, 3.05) is 0 Å². The number of rotatable bonds is 0. The minimum absolute atomic E-state index is 0.392. The van der Waals surface area contributed by atoms with Crippen molar-refractivity contribution in [3.63, 3.8) is 0 Å². The Morgan fingerprint density at radius 2 is 1.88 bits per heavy atom. The van der Waals surface area contributed by atoms with Gasteiger partial charge in [0.25, 0.3) is 0 Å². The molecule has 1 nitrogen and oxygen atoms in total. The monoisotopic (exact) mass is 112 g/mol. The molecule has 1 aliphatic rings. The van der Waals surface area contributed by atoms with Crippen LogP contribution in [0.25, 0.3) is 0 Å². The van der Waals surface area contributed by atoms with Crippen LogP contribution in [0.15, 0.2) is 0 Å². The van der Waals surface area contributed by atoms with Crippen LogP contribution in [0.2, 0.25) is 0 Å². The summed E-state index contributed by atoms with van der Waals surface area (Å²) in [6.07, 6.45) is 5.07. The second kappa shape index (κ2) is 2.40. The Bertz CT molecular complexity index is 60.8. The molecule has 0 heterocycles. The minimum atomic E-state index is 0.392. The first kappa shape index (κ1) is 5.96. The molecule has 8 heavy (non-hydrogen) atoms. The molecular weight excluding hydrogens is 98.1 g/mol. The van der Waals surface area contributed by atoms with Crippen LogP contribution in [0.4, 0.5) is 0 Å².